The lowest BCUT2D eigenvalue weighted by molar-refractivity contribution is 0.415. The van der Waals surface area contributed by atoms with Crippen LogP contribution in [0, 0.1) is 0 Å². The first-order chi connectivity index (χ1) is 10.3. The highest BCUT2D eigenvalue weighted by Gasteiger charge is 2.10. The smallest absolute Gasteiger partial charge is 0.124 e. The van der Waals surface area contributed by atoms with Crippen molar-refractivity contribution in [1.82, 2.24) is 4.98 Å². The SMILES string of the molecule is COc1cccc(-c2csc(-c3ccccc3CN)n2)c1. The van der Waals surface area contributed by atoms with E-state index in [-0.39, 0.29) is 0 Å². The minimum Gasteiger partial charge on any atom is -0.497 e. The summed E-state index contributed by atoms with van der Waals surface area (Å²) >= 11 is 1.63. The zero-order valence-corrected chi connectivity index (χ0v) is 12.6. The highest BCUT2D eigenvalue weighted by Crippen LogP contribution is 2.31. The third-order valence-corrected chi connectivity index (χ3v) is 4.21. The molecule has 0 saturated carbocycles. The molecule has 0 saturated heterocycles. The van der Waals surface area contributed by atoms with Gasteiger partial charge in [-0.3, -0.25) is 0 Å². The number of methoxy groups -OCH3 is 1. The van der Waals surface area contributed by atoms with Crippen LogP contribution in [0.3, 0.4) is 0 Å². The molecule has 4 heteroatoms. The molecular formula is C17H16N2OS. The fourth-order valence-electron chi connectivity index (χ4n) is 2.22. The van der Waals surface area contributed by atoms with Crippen LogP contribution in [0.4, 0.5) is 0 Å². The molecule has 106 valence electrons. The molecule has 2 aromatic carbocycles. The number of hydrogen-bond acceptors (Lipinski definition) is 4. The van der Waals surface area contributed by atoms with Crippen molar-refractivity contribution < 1.29 is 4.74 Å². The highest BCUT2D eigenvalue weighted by atomic mass is 32.1. The first-order valence-electron chi connectivity index (χ1n) is 6.70. The molecular weight excluding hydrogens is 280 g/mol. The highest BCUT2D eigenvalue weighted by molar-refractivity contribution is 7.13. The van der Waals surface area contributed by atoms with Crippen molar-refractivity contribution in [2.75, 3.05) is 7.11 Å². The molecule has 0 radical (unpaired) electrons. The van der Waals surface area contributed by atoms with E-state index in [0.717, 1.165) is 33.1 Å². The molecule has 0 unspecified atom stereocenters. The van der Waals surface area contributed by atoms with E-state index in [4.69, 9.17) is 15.5 Å². The third kappa shape index (κ3) is 2.82. The maximum Gasteiger partial charge on any atom is 0.124 e. The molecule has 0 spiro atoms. The van der Waals surface area contributed by atoms with Crippen LogP contribution < -0.4 is 10.5 Å². The van der Waals surface area contributed by atoms with E-state index in [1.54, 1.807) is 18.4 Å². The van der Waals surface area contributed by atoms with Crippen molar-refractivity contribution >= 4 is 11.3 Å². The molecule has 3 aromatic rings. The average Bonchev–Trinajstić information content (AvgIpc) is 3.04. The summed E-state index contributed by atoms with van der Waals surface area (Å²) in [5.74, 6) is 0.837. The van der Waals surface area contributed by atoms with Crippen molar-refractivity contribution in [3.05, 3.63) is 59.5 Å². The van der Waals surface area contributed by atoms with Crippen LogP contribution in [-0.4, -0.2) is 12.1 Å². The molecule has 3 rings (SSSR count). The van der Waals surface area contributed by atoms with Gasteiger partial charge in [0.2, 0.25) is 0 Å². The molecule has 0 aliphatic rings. The Balaban J connectivity index is 1.99. The van der Waals surface area contributed by atoms with Gasteiger partial charge in [-0.25, -0.2) is 4.98 Å². The van der Waals surface area contributed by atoms with Crippen LogP contribution in [0.1, 0.15) is 5.56 Å². The van der Waals surface area contributed by atoms with E-state index in [2.05, 4.69) is 11.4 Å². The maximum atomic E-state index is 5.80. The molecule has 0 aliphatic carbocycles. The molecule has 0 bridgehead atoms. The Morgan fingerprint density at radius 2 is 2.00 bits per heavy atom. The van der Waals surface area contributed by atoms with Gasteiger partial charge in [0.15, 0.2) is 0 Å². The van der Waals surface area contributed by atoms with Gasteiger partial charge in [-0.1, -0.05) is 36.4 Å². The predicted molar refractivity (Wildman–Crippen MR) is 87.4 cm³/mol. The monoisotopic (exact) mass is 296 g/mol. The van der Waals surface area contributed by atoms with Crippen molar-refractivity contribution in [1.29, 1.82) is 0 Å². The van der Waals surface area contributed by atoms with Gasteiger partial charge >= 0.3 is 0 Å². The lowest BCUT2D eigenvalue weighted by Crippen LogP contribution is -1.98. The van der Waals surface area contributed by atoms with Gasteiger partial charge in [-0.15, -0.1) is 11.3 Å². The van der Waals surface area contributed by atoms with E-state index in [1.165, 1.54) is 0 Å². The van der Waals surface area contributed by atoms with Gasteiger partial charge in [0.25, 0.3) is 0 Å². The molecule has 0 aliphatic heterocycles. The fourth-order valence-corrected chi connectivity index (χ4v) is 3.11. The fraction of sp³-hybridized carbons (Fsp3) is 0.118. The van der Waals surface area contributed by atoms with Gasteiger partial charge in [-0.2, -0.15) is 0 Å². The number of nitrogens with two attached hydrogens (primary N) is 1. The van der Waals surface area contributed by atoms with Gasteiger partial charge in [-0.05, 0) is 17.7 Å². The van der Waals surface area contributed by atoms with Crippen LogP contribution in [0.15, 0.2) is 53.9 Å². The Morgan fingerprint density at radius 3 is 2.81 bits per heavy atom. The molecule has 0 fully saturated rings. The van der Waals surface area contributed by atoms with Crippen molar-refractivity contribution in [3.8, 4) is 27.6 Å². The molecule has 0 amide bonds. The van der Waals surface area contributed by atoms with Crippen LogP contribution in [0.25, 0.3) is 21.8 Å². The number of rotatable bonds is 4. The molecule has 1 heterocycles. The van der Waals surface area contributed by atoms with Gasteiger partial charge in [0.1, 0.15) is 10.8 Å². The Morgan fingerprint density at radius 1 is 1.14 bits per heavy atom. The Bertz CT molecular complexity index is 752. The van der Waals surface area contributed by atoms with Crippen molar-refractivity contribution in [3.63, 3.8) is 0 Å². The van der Waals surface area contributed by atoms with E-state index in [0.29, 0.717) is 6.54 Å². The molecule has 0 atom stereocenters. The second-order valence-corrected chi connectivity index (χ2v) is 5.49. The largest absolute Gasteiger partial charge is 0.497 e. The first-order valence-corrected chi connectivity index (χ1v) is 7.58. The Hall–Kier alpha value is -2.17. The minimum atomic E-state index is 0.518. The van der Waals surface area contributed by atoms with Crippen LogP contribution in [-0.2, 0) is 6.54 Å². The number of nitrogens with zero attached hydrogens (tertiary/aromatic N) is 1. The Labute approximate surface area is 128 Å². The minimum absolute atomic E-state index is 0.518. The average molecular weight is 296 g/mol. The summed E-state index contributed by atoms with van der Waals surface area (Å²) in [6.07, 6.45) is 0. The molecule has 21 heavy (non-hydrogen) atoms. The second kappa shape index (κ2) is 6.08. The summed E-state index contributed by atoms with van der Waals surface area (Å²) in [4.78, 5) is 4.74. The van der Waals surface area contributed by atoms with Gasteiger partial charge < -0.3 is 10.5 Å². The number of hydrogen-bond donors (Lipinski definition) is 1. The molecule has 3 nitrogen and oxygen atoms in total. The quantitative estimate of drug-likeness (QED) is 0.793. The number of thiazole rings is 1. The molecule has 1 aromatic heterocycles. The zero-order valence-electron chi connectivity index (χ0n) is 11.7. The standard InChI is InChI=1S/C17H16N2OS/c1-20-14-7-4-6-12(9-14)16-11-21-17(19-16)15-8-3-2-5-13(15)10-18/h2-9,11H,10,18H2,1H3. The maximum absolute atomic E-state index is 5.80. The van der Waals surface area contributed by atoms with Crippen molar-refractivity contribution in [2.24, 2.45) is 5.73 Å². The first kappa shape index (κ1) is 13.8. The third-order valence-electron chi connectivity index (χ3n) is 3.34. The summed E-state index contributed by atoms with van der Waals surface area (Å²) in [5, 5.41) is 3.06. The van der Waals surface area contributed by atoms with E-state index in [1.807, 2.05) is 42.5 Å². The zero-order chi connectivity index (χ0) is 14.7. The molecule has 2 N–H and O–H groups in total. The normalized spacial score (nSPS) is 10.6. The number of aromatic nitrogens is 1. The summed E-state index contributed by atoms with van der Waals surface area (Å²) in [6.45, 7) is 0.518. The van der Waals surface area contributed by atoms with Crippen LogP contribution in [0.2, 0.25) is 0 Å². The number of benzene rings is 2. The van der Waals surface area contributed by atoms with Crippen LogP contribution >= 0.6 is 11.3 Å². The van der Waals surface area contributed by atoms with Crippen molar-refractivity contribution in [2.45, 2.75) is 6.54 Å². The topological polar surface area (TPSA) is 48.1 Å². The predicted octanol–water partition coefficient (Wildman–Crippen LogP) is 3.94. The van der Waals surface area contributed by atoms with E-state index in [9.17, 15) is 0 Å². The Kier molecular flexibility index (Phi) is 3.99. The van der Waals surface area contributed by atoms with Crippen LogP contribution in [0.5, 0.6) is 5.75 Å². The lowest BCUT2D eigenvalue weighted by atomic mass is 10.1. The second-order valence-electron chi connectivity index (χ2n) is 4.63. The summed E-state index contributed by atoms with van der Waals surface area (Å²) in [5.41, 5.74) is 10.0. The lowest BCUT2D eigenvalue weighted by Gasteiger charge is -2.04. The summed E-state index contributed by atoms with van der Waals surface area (Å²) < 4.78 is 5.26. The van der Waals surface area contributed by atoms with E-state index >= 15 is 0 Å². The van der Waals surface area contributed by atoms with Gasteiger partial charge in [0.05, 0.1) is 12.8 Å². The summed E-state index contributed by atoms with van der Waals surface area (Å²) in [6, 6.07) is 16.1. The van der Waals surface area contributed by atoms with Gasteiger partial charge in [0, 0.05) is 23.1 Å². The number of ether oxygens (including phenoxy) is 1. The van der Waals surface area contributed by atoms with E-state index < -0.39 is 0 Å². The summed E-state index contributed by atoms with van der Waals surface area (Å²) in [7, 11) is 1.67.